The first-order valence-corrected chi connectivity index (χ1v) is 6.87. The van der Waals surface area contributed by atoms with Gasteiger partial charge in [-0.05, 0) is 19.3 Å². The van der Waals surface area contributed by atoms with Crippen molar-refractivity contribution in [3.05, 3.63) is 0 Å². The van der Waals surface area contributed by atoms with Crippen LogP contribution in [0, 0.1) is 5.41 Å². The summed E-state index contributed by atoms with van der Waals surface area (Å²) < 4.78 is 5.43. The van der Waals surface area contributed by atoms with Crippen LogP contribution in [-0.4, -0.2) is 41.4 Å². The van der Waals surface area contributed by atoms with Gasteiger partial charge in [-0.25, -0.2) is 0 Å². The van der Waals surface area contributed by atoms with Gasteiger partial charge in [-0.15, -0.1) is 0 Å². The predicted octanol–water partition coefficient (Wildman–Crippen LogP) is 2.19. The number of alkyl halides is 1. The molecule has 4 heteroatoms. The minimum absolute atomic E-state index is 0.0265. The van der Waals surface area contributed by atoms with E-state index in [4.69, 9.17) is 4.74 Å². The summed E-state index contributed by atoms with van der Waals surface area (Å²) in [5.41, 5.74) is 0.0917. The van der Waals surface area contributed by atoms with E-state index in [9.17, 15) is 4.79 Å². The summed E-state index contributed by atoms with van der Waals surface area (Å²) in [4.78, 5) is 14.2. The van der Waals surface area contributed by atoms with E-state index in [0.717, 1.165) is 25.8 Å². The maximum atomic E-state index is 12.1. The molecule has 0 aromatic heterocycles. The van der Waals surface area contributed by atoms with Crippen LogP contribution < -0.4 is 0 Å². The molecule has 2 aliphatic rings. The van der Waals surface area contributed by atoms with Crippen molar-refractivity contribution in [2.24, 2.45) is 5.41 Å². The van der Waals surface area contributed by atoms with E-state index in [1.165, 1.54) is 0 Å². The van der Waals surface area contributed by atoms with E-state index < -0.39 is 0 Å². The SMILES string of the molecule is COC1CC(N2CCCC(Br)C2=O)C1(C)C. The highest BCUT2D eigenvalue weighted by molar-refractivity contribution is 9.10. The molecule has 92 valence electrons. The van der Waals surface area contributed by atoms with E-state index in [1.54, 1.807) is 7.11 Å². The topological polar surface area (TPSA) is 29.5 Å². The molecular formula is C12H20BrNO2. The zero-order valence-electron chi connectivity index (χ0n) is 10.2. The lowest BCUT2D eigenvalue weighted by atomic mass is 9.63. The third-order valence-corrected chi connectivity index (χ3v) is 5.04. The average Bonchev–Trinajstić information content (AvgIpc) is 2.23. The van der Waals surface area contributed by atoms with Gasteiger partial charge >= 0.3 is 0 Å². The van der Waals surface area contributed by atoms with Gasteiger partial charge in [0, 0.05) is 25.1 Å². The number of hydrogen-bond acceptors (Lipinski definition) is 2. The second kappa shape index (κ2) is 4.30. The number of methoxy groups -OCH3 is 1. The van der Waals surface area contributed by atoms with Crippen LogP contribution in [0.3, 0.4) is 0 Å². The van der Waals surface area contributed by atoms with Crippen LogP contribution in [0.15, 0.2) is 0 Å². The third-order valence-electron chi connectivity index (χ3n) is 4.19. The van der Waals surface area contributed by atoms with Crippen molar-refractivity contribution in [3.8, 4) is 0 Å². The minimum atomic E-state index is 0.0265. The van der Waals surface area contributed by atoms with Gasteiger partial charge in [0.2, 0.25) is 5.91 Å². The molecule has 1 aliphatic carbocycles. The highest BCUT2D eigenvalue weighted by Crippen LogP contribution is 2.46. The first-order chi connectivity index (χ1) is 7.48. The lowest BCUT2D eigenvalue weighted by Crippen LogP contribution is -2.65. The summed E-state index contributed by atoms with van der Waals surface area (Å²) in [5, 5.41) is 0. The number of ether oxygens (including phenoxy) is 1. The maximum Gasteiger partial charge on any atom is 0.236 e. The number of nitrogens with zero attached hydrogens (tertiary/aromatic N) is 1. The predicted molar refractivity (Wildman–Crippen MR) is 66.6 cm³/mol. The Morgan fingerprint density at radius 3 is 2.75 bits per heavy atom. The van der Waals surface area contributed by atoms with E-state index in [2.05, 4.69) is 34.7 Å². The van der Waals surface area contributed by atoms with Crippen molar-refractivity contribution in [2.75, 3.05) is 13.7 Å². The Kier molecular flexibility index (Phi) is 3.32. The zero-order chi connectivity index (χ0) is 11.9. The van der Waals surface area contributed by atoms with Crippen LogP contribution in [0.4, 0.5) is 0 Å². The molecular weight excluding hydrogens is 270 g/mol. The Labute approximate surface area is 106 Å². The lowest BCUT2D eigenvalue weighted by Gasteiger charge is -2.56. The Morgan fingerprint density at radius 1 is 1.50 bits per heavy atom. The van der Waals surface area contributed by atoms with Crippen LogP contribution >= 0.6 is 15.9 Å². The number of carbonyl (C=O) groups excluding carboxylic acids is 1. The fraction of sp³-hybridized carbons (Fsp3) is 0.917. The first kappa shape index (κ1) is 12.4. The second-order valence-corrected chi connectivity index (χ2v) is 6.54. The Morgan fingerprint density at radius 2 is 2.19 bits per heavy atom. The largest absolute Gasteiger partial charge is 0.381 e. The molecule has 1 saturated heterocycles. The second-order valence-electron chi connectivity index (χ2n) is 5.44. The van der Waals surface area contributed by atoms with E-state index >= 15 is 0 Å². The standard InChI is InChI=1S/C12H20BrNO2/c1-12(2)9(7-10(12)16-3)14-6-4-5-8(13)11(14)15/h8-10H,4-7H2,1-3H3. The molecule has 0 aromatic rings. The van der Waals surface area contributed by atoms with Gasteiger partial charge < -0.3 is 9.64 Å². The third kappa shape index (κ3) is 1.80. The molecule has 1 heterocycles. The van der Waals surface area contributed by atoms with Crippen LogP contribution in [0.5, 0.6) is 0 Å². The zero-order valence-corrected chi connectivity index (χ0v) is 11.8. The van der Waals surface area contributed by atoms with Gasteiger partial charge in [0.15, 0.2) is 0 Å². The summed E-state index contributed by atoms with van der Waals surface area (Å²) >= 11 is 3.46. The summed E-state index contributed by atoms with van der Waals surface area (Å²) in [6.07, 6.45) is 3.35. The van der Waals surface area contributed by atoms with Crippen molar-refractivity contribution in [1.29, 1.82) is 0 Å². The van der Waals surface area contributed by atoms with Crippen molar-refractivity contribution in [3.63, 3.8) is 0 Å². The monoisotopic (exact) mass is 289 g/mol. The number of likely N-dealkylation sites (tertiary alicyclic amines) is 1. The fourth-order valence-corrected chi connectivity index (χ4v) is 3.54. The van der Waals surface area contributed by atoms with Gasteiger partial charge in [0.05, 0.1) is 10.9 Å². The molecule has 3 nitrogen and oxygen atoms in total. The van der Waals surface area contributed by atoms with E-state index in [1.807, 2.05) is 0 Å². The number of carbonyl (C=O) groups is 1. The van der Waals surface area contributed by atoms with Crippen molar-refractivity contribution < 1.29 is 9.53 Å². The number of halogens is 1. The number of rotatable bonds is 2. The fourth-order valence-electron chi connectivity index (χ4n) is 2.96. The van der Waals surface area contributed by atoms with E-state index in [-0.39, 0.29) is 16.1 Å². The van der Waals surface area contributed by atoms with E-state index in [0.29, 0.717) is 12.1 Å². The van der Waals surface area contributed by atoms with Gasteiger partial charge in [-0.3, -0.25) is 4.79 Å². The van der Waals surface area contributed by atoms with Crippen molar-refractivity contribution in [1.82, 2.24) is 4.90 Å². The van der Waals surface area contributed by atoms with Crippen LogP contribution in [0.2, 0.25) is 0 Å². The molecule has 2 rings (SSSR count). The smallest absolute Gasteiger partial charge is 0.236 e. The van der Waals surface area contributed by atoms with Gasteiger partial charge in [-0.2, -0.15) is 0 Å². The van der Waals surface area contributed by atoms with Crippen molar-refractivity contribution in [2.45, 2.75) is 50.1 Å². The highest BCUT2D eigenvalue weighted by Gasteiger charge is 2.53. The lowest BCUT2D eigenvalue weighted by molar-refractivity contribution is -0.164. The summed E-state index contributed by atoms with van der Waals surface area (Å²) in [6, 6.07) is 0.352. The molecule has 3 atom stereocenters. The summed E-state index contributed by atoms with van der Waals surface area (Å²) in [7, 11) is 1.76. The minimum Gasteiger partial charge on any atom is -0.381 e. The first-order valence-electron chi connectivity index (χ1n) is 5.96. The molecule has 0 radical (unpaired) electrons. The number of piperidine rings is 1. The van der Waals surface area contributed by atoms with Gasteiger partial charge in [-0.1, -0.05) is 29.8 Å². The Hall–Kier alpha value is -0.0900. The molecule has 0 bridgehead atoms. The van der Waals surface area contributed by atoms with Crippen LogP contribution in [-0.2, 0) is 9.53 Å². The van der Waals surface area contributed by atoms with Gasteiger partial charge in [0.25, 0.3) is 0 Å². The molecule has 2 fully saturated rings. The van der Waals surface area contributed by atoms with Crippen LogP contribution in [0.25, 0.3) is 0 Å². The average molecular weight is 290 g/mol. The number of hydrogen-bond donors (Lipinski definition) is 0. The number of amides is 1. The molecule has 3 unspecified atom stereocenters. The van der Waals surface area contributed by atoms with Gasteiger partial charge in [0.1, 0.15) is 0 Å². The Balaban J connectivity index is 2.06. The van der Waals surface area contributed by atoms with Crippen molar-refractivity contribution >= 4 is 21.8 Å². The molecule has 1 aliphatic heterocycles. The molecule has 16 heavy (non-hydrogen) atoms. The summed E-state index contributed by atoms with van der Waals surface area (Å²) in [6.45, 7) is 5.30. The molecule has 1 amide bonds. The maximum absolute atomic E-state index is 12.1. The van der Waals surface area contributed by atoms with Crippen LogP contribution in [0.1, 0.15) is 33.1 Å². The quantitative estimate of drug-likeness (QED) is 0.730. The Bertz CT molecular complexity index is 293. The molecule has 1 saturated carbocycles. The summed E-state index contributed by atoms with van der Waals surface area (Å²) in [5.74, 6) is 0.263. The normalized spacial score (nSPS) is 38.4. The highest BCUT2D eigenvalue weighted by atomic mass is 79.9. The molecule has 0 aromatic carbocycles. The molecule has 0 spiro atoms. The molecule has 0 N–H and O–H groups in total.